The standard InChI is InChI=1S/C25H36N2O/c1-5-9-25(24-11-7-6-10-22(24)4)26-12-8-13-27(14-15-28)19-23-17-20(2)16-21(3)18-23/h6-7,9-11,16-18,26,28H,5,8,12-15,19H2,1-4H3/b25-9+. The van der Waals surface area contributed by atoms with Crippen molar-refractivity contribution in [2.45, 2.75) is 47.1 Å². The summed E-state index contributed by atoms with van der Waals surface area (Å²) in [6, 6.07) is 15.2. The van der Waals surface area contributed by atoms with Gasteiger partial charge in [-0.1, -0.05) is 66.6 Å². The predicted octanol–water partition coefficient (Wildman–Crippen LogP) is 4.84. The van der Waals surface area contributed by atoms with Crippen molar-refractivity contribution in [1.82, 2.24) is 10.2 Å². The molecule has 3 heteroatoms. The van der Waals surface area contributed by atoms with E-state index in [2.05, 4.69) is 86.5 Å². The van der Waals surface area contributed by atoms with Gasteiger partial charge in [-0.2, -0.15) is 0 Å². The SMILES string of the molecule is CC/C=C(/NCCCN(CCO)Cc1cc(C)cc(C)c1)c1ccccc1C. The normalized spacial score (nSPS) is 11.9. The molecule has 2 rings (SSSR count). The van der Waals surface area contributed by atoms with Crippen LogP contribution in [0.25, 0.3) is 5.70 Å². The molecule has 0 saturated heterocycles. The average Bonchev–Trinajstić information content (AvgIpc) is 2.64. The molecular weight excluding hydrogens is 344 g/mol. The fourth-order valence-electron chi connectivity index (χ4n) is 3.71. The minimum Gasteiger partial charge on any atom is -0.395 e. The first-order chi connectivity index (χ1) is 13.5. The summed E-state index contributed by atoms with van der Waals surface area (Å²) in [4.78, 5) is 2.34. The summed E-state index contributed by atoms with van der Waals surface area (Å²) in [5.41, 5.74) is 7.73. The summed E-state index contributed by atoms with van der Waals surface area (Å²) in [5, 5.41) is 13.1. The van der Waals surface area contributed by atoms with Crippen molar-refractivity contribution in [3.8, 4) is 0 Å². The van der Waals surface area contributed by atoms with Crippen molar-refractivity contribution in [3.63, 3.8) is 0 Å². The van der Waals surface area contributed by atoms with Crippen LogP contribution in [0.3, 0.4) is 0 Å². The van der Waals surface area contributed by atoms with E-state index in [1.807, 2.05) is 0 Å². The lowest BCUT2D eigenvalue weighted by molar-refractivity contribution is 0.189. The van der Waals surface area contributed by atoms with Gasteiger partial charge in [-0.25, -0.2) is 0 Å². The molecule has 2 aromatic rings. The van der Waals surface area contributed by atoms with Gasteiger partial charge in [-0.15, -0.1) is 0 Å². The number of aryl methyl sites for hydroxylation is 3. The second-order valence-electron chi connectivity index (χ2n) is 7.62. The van der Waals surface area contributed by atoms with E-state index in [9.17, 15) is 5.11 Å². The van der Waals surface area contributed by atoms with Crippen LogP contribution in [0.5, 0.6) is 0 Å². The van der Waals surface area contributed by atoms with Crippen LogP contribution in [0.15, 0.2) is 48.5 Å². The second kappa shape index (κ2) is 11.7. The Kier molecular flexibility index (Phi) is 9.26. The van der Waals surface area contributed by atoms with Crippen LogP contribution in [0, 0.1) is 20.8 Å². The lowest BCUT2D eigenvalue weighted by Gasteiger charge is -2.22. The smallest absolute Gasteiger partial charge is 0.0558 e. The van der Waals surface area contributed by atoms with Gasteiger partial charge in [-0.3, -0.25) is 4.90 Å². The van der Waals surface area contributed by atoms with Crippen LogP contribution in [0.2, 0.25) is 0 Å². The molecule has 0 bridgehead atoms. The number of aliphatic hydroxyl groups is 1. The highest BCUT2D eigenvalue weighted by molar-refractivity contribution is 5.66. The topological polar surface area (TPSA) is 35.5 Å². The van der Waals surface area contributed by atoms with Gasteiger partial charge in [0.1, 0.15) is 0 Å². The third-order valence-corrected chi connectivity index (χ3v) is 4.91. The van der Waals surface area contributed by atoms with Gasteiger partial charge >= 0.3 is 0 Å². The number of hydrogen-bond acceptors (Lipinski definition) is 3. The maximum absolute atomic E-state index is 9.45. The summed E-state index contributed by atoms with van der Waals surface area (Å²) in [6.45, 7) is 12.3. The van der Waals surface area contributed by atoms with Crippen LogP contribution in [-0.4, -0.2) is 36.2 Å². The van der Waals surface area contributed by atoms with Crippen molar-refractivity contribution in [3.05, 3.63) is 76.4 Å². The molecule has 0 spiro atoms. The van der Waals surface area contributed by atoms with E-state index in [4.69, 9.17) is 0 Å². The number of benzene rings is 2. The van der Waals surface area contributed by atoms with Gasteiger partial charge in [-0.05, 0) is 44.7 Å². The first-order valence-electron chi connectivity index (χ1n) is 10.4. The molecule has 2 aromatic carbocycles. The molecule has 0 unspecified atom stereocenters. The van der Waals surface area contributed by atoms with Crippen LogP contribution in [-0.2, 0) is 6.54 Å². The minimum absolute atomic E-state index is 0.197. The fraction of sp³-hybridized carbons (Fsp3) is 0.440. The van der Waals surface area contributed by atoms with E-state index < -0.39 is 0 Å². The van der Waals surface area contributed by atoms with E-state index in [0.717, 1.165) is 32.5 Å². The molecule has 28 heavy (non-hydrogen) atoms. The summed E-state index contributed by atoms with van der Waals surface area (Å²) < 4.78 is 0. The molecule has 0 amide bonds. The molecule has 3 nitrogen and oxygen atoms in total. The van der Waals surface area contributed by atoms with Crippen molar-refractivity contribution in [2.75, 3.05) is 26.2 Å². The highest BCUT2D eigenvalue weighted by Crippen LogP contribution is 2.17. The van der Waals surface area contributed by atoms with Gasteiger partial charge in [0, 0.05) is 37.4 Å². The lowest BCUT2D eigenvalue weighted by atomic mass is 10.0. The van der Waals surface area contributed by atoms with E-state index in [0.29, 0.717) is 6.54 Å². The van der Waals surface area contributed by atoms with Gasteiger partial charge in [0.25, 0.3) is 0 Å². The number of hydrogen-bond donors (Lipinski definition) is 2. The Balaban J connectivity index is 1.91. The monoisotopic (exact) mass is 380 g/mol. The molecule has 0 heterocycles. The molecule has 152 valence electrons. The fourth-order valence-corrected chi connectivity index (χ4v) is 3.71. The molecule has 0 aliphatic heterocycles. The average molecular weight is 381 g/mol. The number of nitrogens with one attached hydrogen (secondary N) is 1. The maximum atomic E-state index is 9.45. The lowest BCUT2D eigenvalue weighted by Crippen LogP contribution is -2.29. The van der Waals surface area contributed by atoms with Gasteiger partial charge < -0.3 is 10.4 Å². The zero-order valence-corrected chi connectivity index (χ0v) is 18.0. The Morgan fingerprint density at radius 2 is 1.75 bits per heavy atom. The van der Waals surface area contributed by atoms with Crippen molar-refractivity contribution in [1.29, 1.82) is 0 Å². The largest absolute Gasteiger partial charge is 0.395 e. The zero-order valence-electron chi connectivity index (χ0n) is 18.0. The third-order valence-electron chi connectivity index (χ3n) is 4.91. The number of allylic oxidation sites excluding steroid dienone is 1. The van der Waals surface area contributed by atoms with Gasteiger partial charge in [0.05, 0.1) is 6.61 Å². The molecule has 0 saturated carbocycles. The van der Waals surface area contributed by atoms with Crippen LogP contribution in [0.4, 0.5) is 0 Å². The first-order valence-corrected chi connectivity index (χ1v) is 10.4. The van der Waals surface area contributed by atoms with Crippen LogP contribution in [0.1, 0.15) is 47.6 Å². The third kappa shape index (κ3) is 7.14. The zero-order chi connectivity index (χ0) is 20.4. The van der Waals surface area contributed by atoms with Crippen molar-refractivity contribution >= 4 is 5.70 Å². The molecule has 0 aliphatic rings. The summed E-state index contributed by atoms with van der Waals surface area (Å²) in [5.74, 6) is 0. The molecule has 0 fully saturated rings. The highest BCUT2D eigenvalue weighted by atomic mass is 16.3. The number of nitrogens with zero attached hydrogens (tertiary/aromatic N) is 1. The summed E-state index contributed by atoms with van der Waals surface area (Å²) >= 11 is 0. The quantitative estimate of drug-likeness (QED) is 0.548. The Labute approximate surface area is 171 Å². The first kappa shape index (κ1) is 22.2. The molecule has 0 aliphatic carbocycles. The molecule has 2 N–H and O–H groups in total. The Bertz CT molecular complexity index is 747. The van der Waals surface area contributed by atoms with Crippen LogP contribution < -0.4 is 5.32 Å². The predicted molar refractivity (Wildman–Crippen MR) is 120 cm³/mol. The number of aliphatic hydroxyl groups excluding tert-OH is 1. The van der Waals surface area contributed by atoms with Crippen LogP contribution >= 0.6 is 0 Å². The highest BCUT2D eigenvalue weighted by Gasteiger charge is 2.08. The van der Waals surface area contributed by atoms with Gasteiger partial charge in [0.2, 0.25) is 0 Å². The summed E-state index contributed by atoms with van der Waals surface area (Å²) in [6.07, 6.45) is 4.32. The van der Waals surface area contributed by atoms with Crippen molar-refractivity contribution in [2.24, 2.45) is 0 Å². The molecule has 0 radical (unpaired) electrons. The number of rotatable bonds is 11. The van der Waals surface area contributed by atoms with E-state index in [1.54, 1.807) is 0 Å². The Morgan fingerprint density at radius 1 is 1.04 bits per heavy atom. The van der Waals surface area contributed by atoms with Crippen molar-refractivity contribution < 1.29 is 5.11 Å². The maximum Gasteiger partial charge on any atom is 0.0558 e. The molecular formula is C25H36N2O. The summed E-state index contributed by atoms with van der Waals surface area (Å²) in [7, 11) is 0. The Morgan fingerprint density at radius 3 is 2.39 bits per heavy atom. The minimum atomic E-state index is 0.197. The van der Waals surface area contributed by atoms with E-state index in [1.165, 1.54) is 33.5 Å². The van der Waals surface area contributed by atoms with Gasteiger partial charge in [0.15, 0.2) is 0 Å². The molecule has 0 atom stereocenters. The van der Waals surface area contributed by atoms with E-state index in [-0.39, 0.29) is 6.61 Å². The molecule has 0 aromatic heterocycles. The van der Waals surface area contributed by atoms with E-state index >= 15 is 0 Å². The Hall–Kier alpha value is -2.10. The second-order valence-corrected chi connectivity index (χ2v) is 7.62.